The molecule has 0 radical (unpaired) electrons. The molecule has 7 heteroatoms. The van der Waals surface area contributed by atoms with Crippen LogP contribution in [-0.2, 0) is 23.9 Å². The number of allylic oxidation sites excluding steroid dienone is 2. The van der Waals surface area contributed by atoms with E-state index >= 15 is 0 Å². The van der Waals surface area contributed by atoms with Gasteiger partial charge in [0.15, 0.2) is 0 Å². The van der Waals surface area contributed by atoms with Gasteiger partial charge in [-0.2, -0.15) is 0 Å². The van der Waals surface area contributed by atoms with Crippen molar-refractivity contribution in [2.45, 2.75) is 38.5 Å². The van der Waals surface area contributed by atoms with Crippen LogP contribution in [0, 0.1) is 23.7 Å². The van der Waals surface area contributed by atoms with E-state index < -0.39 is 35.7 Å². The highest BCUT2D eigenvalue weighted by molar-refractivity contribution is 6.03. The SMILES string of the molecule is O=C(OC(=O)C1=C2CC(C1)C(C(=O)O)C2)C1=C2CC(C1)C(C(=O)O)C2. The molecule has 132 valence electrons. The average molecular weight is 346 g/mol. The van der Waals surface area contributed by atoms with E-state index in [0.29, 0.717) is 49.7 Å². The van der Waals surface area contributed by atoms with E-state index in [0.717, 1.165) is 11.1 Å². The van der Waals surface area contributed by atoms with Gasteiger partial charge in [0.2, 0.25) is 0 Å². The van der Waals surface area contributed by atoms with Crippen molar-refractivity contribution in [2.24, 2.45) is 23.7 Å². The topological polar surface area (TPSA) is 118 Å². The lowest BCUT2D eigenvalue weighted by Crippen LogP contribution is -2.25. The van der Waals surface area contributed by atoms with Crippen LogP contribution in [0.3, 0.4) is 0 Å². The van der Waals surface area contributed by atoms with Crippen molar-refractivity contribution in [1.82, 2.24) is 0 Å². The van der Waals surface area contributed by atoms with Gasteiger partial charge in [0.05, 0.1) is 11.8 Å². The maximum Gasteiger partial charge on any atom is 0.341 e. The van der Waals surface area contributed by atoms with Crippen molar-refractivity contribution < 1.29 is 34.1 Å². The molecule has 0 aromatic rings. The molecule has 4 bridgehead atoms. The second kappa shape index (κ2) is 5.54. The normalized spacial score (nSPS) is 32.5. The predicted octanol–water partition coefficient (Wildman–Crippen LogP) is 1.68. The summed E-state index contributed by atoms with van der Waals surface area (Å²) in [5.41, 5.74) is 2.50. The molecule has 0 amide bonds. The first kappa shape index (κ1) is 16.1. The van der Waals surface area contributed by atoms with Crippen molar-refractivity contribution in [2.75, 3.05) is 0 Å². The Hall–Kier alpha value is -2.44. The van der Waals surface area contributed by atoms with Crippen LogP contribution in [-0.4, -0.2) is 34.1 Å². The largest absolute Gasteiger partial charge is 0.481 e. The molecule has 0 spiro atoms. The van der Waals surface area contributed by atoms with Gasteiger partial charge in [0, 0.05) is 11.1 Å². The third-order valence-corrected chi connectivity index (χ3v) is 6.19. The summed E-state index contributed by atoms with van der Waals surface area (Å²) in [5, 5.41) is 18.3. The standard InChI is InChI=1S/C18H18O7/c19-15(20)11-3-9-1-7(11)5-13(9)17(23)25-18(24)14-6-8-2-10(14)4-12(8)16(21)22/h7-8,11-12H,1-6H2,(H,19,20)(H,21,22). The van der Waals surface area contributed by atoms with E-state index in [2.05, 4.69) is 0 Å². The molecule has 2 saturated carbocycles. The molecule has 4 rings (SSSR count). The van der Waals surface area contributed by atoms with E-state index in [1.165, 1.54) is 0 Å². The minimum absolute atomic E-state index is 0.0778. The first-order valence-electron chi connectivity index (χ1n) is 8.49. The monoisotopic (exact) mass is 346 g/mol. The molecule has 0 heterocycles. The Labute approximate surface area is 143 Å². The maximum atomic E-state index is 12.3. The van der Waals surface area contributed by atoms with Gasteiger partial charge in [-0.3, -0.25) is 9.59 Å². The Morgan fingerprint density at radius 3 is 1.36 bits per heavy atom. The van der Waals surface area contributed by atoms with Gasteiger partial charge in [0.25, 0.3) is 0 Å². The van der Waals surface area contributed by atoms with Crippen LogP contribution in [0.2, 0.25) is 0 Å². The van der Waals surface area contributed by atoms with Gasteiger partial charge < -0.3 is 14.9 Å². The molecule has 4 atom stereocenters. The van der Waals surface area contributed by atoms with Crippen LogP contribution < -0.4 is 0 Å². The second-order valence-electron chi connectivity index (χ2n) is 7.48. The predicted molar refractivity (Wildman–Crippen MR) is 82.1 cm³/mol. The van der Waals surface area contributed by atoms with Gasteiger partial charge in [-0.15, -0.1) is 0 Å². The molecule has 2 N–H and O–H groups in total. The zero-order valence-corrected chi connectivity index (χ0v) is 13.5. The van der Waals surface area contributed by atoms with Crippen LogP contribution in [0.15, 0.2) is 22.3 Å². The Morgan fingerprint density at radius 2 is 1.08 bits per heavy atom. The summed E-state index contributed by atoms with van der Waals surface area (Å²) in [5.74, 6) is -4.06. The van der Waals surface area contributed by atoms with Crippen LogP contribution >= 0.6 is 0 Å². The Kier molecular flexibility index (Phi) is 3.56. The summed E-state index contributed by atoms with van der Waals surface area (Å²) < 4.78 is 5.03. The van der Waals surface area contributed by atoms with Gasteiger partial charge in [0.1, 0.15) is 0 Å². The van der Waals surface area contributed by atoms with Gasteiger partial charge in [-0.1, -0.05) is 11.1 Å². The lowest BCUT2D eigenvalue weighted by atomic mass is 9.88. The summed E-state index contributed by atoms with van der Waals surface area (Å²) in [7, 11) is 0. The summed E-state index contributed by atoms with van der Waals surface area (Å²) in [4.78, 5) is 46.8. The zero-order valence-electron chi connectivity index (χ0n) is 13.5. The van der Waals surface area contributed by atoms with Crippen molar-refractivity contribution in [3.63, 3.8) is 0 Å². The van der Waals surface area contributed by atoms with E-state index in [-0.39, 0.29) is 11.8 Å². The van der Waals surface area contributed by atoms with Crippen LogP contribution in [0.25, 0.3) is 0 Å². The highest BCUT2D eigenvalue weighted by Crippen LogP contribution is 2.50. The van der Waals surface area contributed by atoms with Crippen molar-refractivity contribution in [3.05, 3.63) is 22.3 Å². The Morgan fingerprint density at radius 1 is 0.680 bits per heavy atom. The van der Waals surface area contributed by atoms with Crippen molar-refractivity contribution in [1.29, 1.82) is 0 Å². The Bertz CT molecular complexity index is 708. The molecule has 4 aliphatic carbocycles. The van der Waals surface area contributed by atoms with Gasteiger partial charge >= 0.3 is 23.9 Å². The first-order valence-corrected chi connectivity index (χ1v) is 8.49. The molecular weight excluding hydrogens is 328 g/mol. The fourth-order valence-corrected chi connectivity index (χ4v) is 4.92. The second-order valence-corrected chi connectivity index (χ2v) is 7.48. The number of carboxylic acid groups (broad SMARTS) is 2. The zero-order chi connectivity index (χ0) is 17.9. The quantitative estimate of drug-likeness (QED) is 0.587. The first-order chi connectivity index (χ1) is 11.8. The summed E-state index contributed by atoms with van der Waals surface area (Å²) in [6.07, 6.45) is 2.60. The number of carbonyl (C=O) groups is 4. The molecule has 0 aromatic carbocycles. The lowest BCUT2D eigenvalue weighted by Gasteiger charge is -2.19. The number of aliphatic carboxylic acids is 2. The molecule has 25 heavy (non-hydrogen) atoms. The fourth-order valence-electron chi connectivity index (χ4n) is 4.92. The molecule has 2 fully saturated rings. The number of ether oxygens (including phenoxy) is 1. The highest BCUT2D eigenvalue weighted by Gasteiger charge is 2.46. The minimum atomic E-state index is -0.842. The van der Waals surface area contributed by atoms with Crippen LogP contribution in [0.4, 0.5) is 0 Å². The third kappa shape index (κ3) is 2.49. The third-order valence-electron chi connectivity index (χ3n) is 6.19. The number of rotatable bonds is 4. The van der Waals surface area contributed by atoms with E-state index in [1.54, 1.807) is 0 Å². The molecular formula is C18H18O7. The Balaban J connectivity index is 1.43. The minimum Gasteiger partial charge on any atom is -0.481 e. The van der Waals surface area contributed by atoms with E-state index in [4.69, 9.17) is 14.9 Å². The summed E-state index contributed by atoms with van der Waals surface area (Å²) in [6.45, 7) is 0. The smallest absolute Gasteiger partial charge is 0.341 e. The molecule has 0 aromatic heterocycles. The van der Waals surface area contributed by atoms with Crippen molar-refractivity contribution in [3.8, 4) is 0 Å². The number of hydrogen-bond acceptors (Lipinski definition) is 5. The van der Waals surface area contributed by atoms with Crippen LogP contribution in [0.1, 0.15) is 38.5 Å². The molecule has 0 aliphatic heterocycles. The van der Waals surface area contributed by atoms with Gasteiger partial charge in [-0.05, 0) is 50.4 Å². The maximum absolute atomic E-state index is 12.3. The fraction of sp³-hybridized carbons (Fsp3) is 0.556. The molecule has 4 aliphatic rings. The highest BCUT2D eigenvalue weighted by atomic mass is 16.6. The molecule has 7 nitrogen and oxygen atoms in total. The van der Waals surface area contributed by atoms with Gasteiger partial charge in [-0.25, -0.2) is 9.59 Å². The lowest BCUT2D eigenvalue weighted by molar-refractivity contribution is -0.155. The van der Waals surface area contributed by atoms with Crippen molar-refractivity contribution >= 4 is 23.9 Å². The van der Waals surface area contributed by atoms with Crippen LogP contribution in [0.5, 0.6) is 0 Å². The number of fused-ring (bicyclic) bond motifs is 4. The molecule has 0 saturated heterocycles. The number of hydrogen-bond donors (Lipinski definition) is 2. The molecule has 4 unspecified atom stereocenters. The number of carboxylic acids is 2. The average Bonchev–Trinajstić information content (AvgIpc) is 3.31. The van der Waals surface area contributed by atoms with E-state index in [9.17, 15) is 19.2 Å². The number of carbonyl (C=O) groups excluding carboxylic acids is 2. The number of esters is 2. The van der Waals surface area contributed by atoms with E-state index in [1.807, 2.05) is 0 Å². The summed E-state index contributed by atoms with van der Waals surface area (Å²) in [6, 6.07) is 0. The summed E-state index contributed by atoms with van der Waals surface area (Å²) >= 11 is 0.